The molecule has 1 saturated heterocycles. The molecule has 6 aromatic rings. The number of imide groups is 1. The van der Waals surface area contributed by atoms with Gasteiger partial charge in [-0.1, -0.05) is 25.1 Å². The van der Waals surface area contributed by atoms with Crippen molar-refractivity contribution >= 4 is 56.8 Å². The number of amides is 4. The Balaban J connectivity index is 0.951. The number of aryl methyl sites for hydroxylation is 2. The summed E-state index contributed by atoms with van der Waals surface area (Å²) in [6, 6.07) is 16.8. The Morgan fingerprint density at radius 3 is 2.59 bits per heavy atom. The molecule has 0 radical (unpaired) electrons. The van der Waals surface area contributed by atoms with Crippen LogP contribution in [0, 0.1) is 12.7 Å². The molecule has 2 atom stereocenters. The lowest BCUT2D eigenvalue weighted by molar-refractivity contribution is -0.136. The number of halogens is 1. The molecule has 16 nitrogen and oxygen atoms in total. The van der Waals surface area contributed by atoms with Gasteiger partial charge in [-0.25, -0.2) is 14.4 Å². The van der Waals surface area contributed by atoms with Crippen LogP contribution in [-0.4, -0.2) is 74.2 Å². The van der Waals surface area contributed by atoms with Crippen LogP contribution in [0.3, 0.4) is 0 Å². The SMILES string of the molecule is CCc1ccc2c(c1)c(=O)c(C(=O)Nc1ccc(Oc3ncnc4cc(OCC(O)Nc5cccc6c5C(=O)N(C5CCC(=O)NC5=O)C6)c(OC)cc34)c(F)c1)c(C)n2C. The lowest BCUT2D eigenvalue weighted by Gasteiger charge is -2.29. The number of carbonyl (C=O) groups is 4. The Morgan fingerprint density at radius 2 is 1.84 bits per heavy atom. The van der Waals surface area contributed by atoms with Crippen molar-refractivity contribution in [1.82, 2.24) is 24.8 Å². The third-order valence-corrected chi connectivity index (χ3v) is 10.9. The molecule has 2 aliphatic heterocycles. The van der Waals surface area contributed by atoms with Crippen LogP contribution in [0.5, 0.6) is 23.1 Å². The fraction of sp³-hybridized carbons (Fsp3) is 0.250. The molecule has 0 saturated carbocycles. The van der Waals surface area contributed by atoms with Gasteiger partial charge in [0.15, 0.2) is 29.3 Å². The van der Waals surface area contributed by atoms with E-state index < -0.39 is 41.2 Å². The zero-order valence-electron chi connectivity index (χ0n) is 33.5. The number of benzene rings is 4. The number of rotatable bonds is 12. The summed E-state index contributed by atoms with van der Waals surface area (Å²) in [6.07, 6.45) is 0.988. The highest BCUT2D eigenvalue weighted by Gasteiger charge is 2.40. The van der Waals surface area contributed by atoms with Gasteiger partial charge >= 0.3 is 0 Å². The van der Waals surface area contributed by atoms with E-state index in [1.54, 1.807) is 42.8 Å². The van der Waals surface area contributed by atoms with Gasteiger partial charge < -0.3 is 39.4 Å². The summed E-state index contributed by atoms with van der Waals surface area (Å²) in [6.45, 7) is 3.54. The zero-order valence-corrected chi connectivity index (χ0v) is 33.5. The van der Waals surface area contributed by atoms with E-state index in [1.165, 1.54) is 42.6 Å². The minimum atomic E-state index is -1.31. The number of methoxy groups -OCH3 is 1. The van der Waals surface area contributed by atoms with Crippen molar-refractivity contribution in [1.29, 1.82) is 0 Å². The lowest BCUT2D eigenvalue weighted by atomic mass is 10.0. The number of nitrogens with one attached hydrogen (secondary N) is 3. The van der Waals surface area contributed by atoms with Gasteiger partial charge in [0.1, 0.15) is 24.5 Å². The van der Waals surface area contributed by atoms with Crippen molar-refractivity contribution in [2.45, 2.75) is 51.9 Å². The third-order valence-electron chi connectivity index (χ3n) is 10.9. The van der Waals surface area contributed by atoms with E-state index in [0.29, 0.717) is 44.3 Å². The zero-order chi connectivity index (χ0) is 43.1. The molecule has 17 heteroatoms. The van der Waals surface area contributed by atoms with Gasteiger partial charge in [-0.05, 0) is 67.3 Å². The number of aliphatic hydroxyl groups excluding tert-OH is 1. The van der Waals surface area contributed by atoms with Crippen LogP contribution in [0.2, 0.25) is 0 Å². The maximum absolute atomic E-state index is 15.6. The molecule has 2 unspecified atom stereocenters. The van der Waals surface area contributed by atoms with Gasteiger partial charge in [0.25, 0.3) is 11.8 Å². The van der Waals surface area contributed by atoms with E-state index >= 15 is 4.39 Å². The average Bonchev–Trinajstić information content (AvgIpc) is 3.58. The summed E-state index contributed by atoms with van der Waals surface area (Å²) in [4.78, 5) is 74.5. The average molecular weight is 830 g/mol. The minimum Gasteiger partial charge on any atom is -0.493 e. The van der Waals surface area contributed by atoms with Crippen LogP contribution in [0.1, 0.15) is 57.3 Å². The van der Waals surface area contributed by atoms with Gasteiger partial charge in [0.2, 0.25) is 23.1 Å². The van der Waals surface area contributed by atoms with Gasteiger partial charge in [0.05, 0.1) is 29.1 Å². The second-order valence-electron chi connectivity index (χ2n) is 14.7. The van der Waals surface area contributed by atoms with Crippen molar-refractivity contribution in [2.24, 2.45) is 7.05 Å². The smallest absolute Gasteiger partial charge is 0.261 e. The van der Waals surface area contributed by atoms with Gasteiger partial charge in [-0.2, -0.15) is 0 Å². The molecule has 61 heavy (non-hydrogen) atoms. The quantitative estimate of drug-likeness (QED) is 0.0939. The summed E-state index contributed by atoms with van der Waals surface area (Å²) < 4.78 is 34.7. The number of pyridine rings is 1. The predicted octanol–water partition coefficient (Wildman–Crippen LogP) is 5.12. The molecule has 0 aliphatic carbocycles. The third kappa shape index (κ3) is 7.66. The number of fused-ring (bicyclic) bond motifs is 3. The van der Waals surface area contributed by atoms with Crippen molar-refractivity contribution in [3.63, 3.8) is 0 Å². The molecule has 0 bridgehead atoms. The first-order valence-corrected chi connectivity index (χ1v) is 19.4. The Labute approximate surface area is 347 Å². The summed E-state index contributed by atoms with van der Waals surface area (Å²) in [5.41, 5.74) is 3.41. The molecule has 312 valence electrons. The largest absolute Gasteiger partial charge is 0.493 e. The van der Waals surface area contributed by atoms with Crippen LogP contribution in [0.25, 0.3) is 21.8 Å². The van der Waals surface area contributed by atoms with Crippen LogP contribution < -0.4 is 35.6 Å². The molecule has 2 aromatic heterocycles. The number of aliphatic hydroxyl groups is 1. The number of hydrogen-bond donors (Lipinski definition) is 4. The number of hydrogen-bond acceptors (Lipinski definition) is 12. The Kier molecular flexibility index (Phi) is 10.8. The van der Waals surface area contributed by atoms with Crippen LogP contribution in [-0.2, 0) is 29.6 Å². The minimum absolute atomic E-state index is 0.0112. The Morgan fingerprint density at radius 1 is 1.02 bits per heavy atom. The monoisotopic (exact) mass is 829 g/mol. The molecule has 8 rings (SSSR count). The van der Waals surface area contributed by atoms with Gasteiger partial charge in [0, 0.05) is 54.6 Å². The Bertz CT molecular complexity index is 2860. The number of ether oxygens (including phenoxy) is 3. The molecule has 4 amide bonds. The number of aromatic nitrogens is 3. The predicted molar refractivity (Wildman–Crippen MR) is 221 cm³/mol. The highest BCUT2D eigenvalue weighted by Crippen LogP contribution is 2.38. The molecule has 4 N–H and O–H groups in total. The van der Waals surface area contributed by atoms with E-state index in [9.17, 15) is 29.1 Å². The first-order chi connectivity index (χ1) is 29.3. The highest BCUT2D eigenvalue weighted by atomic mass is 19.1. The highest BCUT2D eigenvalue weighted by molar-refractivity contribution is 6.08. The molecule has 2 aliphatic rings. The number of anilines is 2. The molecule has 1 fully saturated rings. The molecular formula is C44H40FN7O9. The van der Waals surface area contributed by atoms with E-state index in [-0.39, 0.29) is 66.3 Å². The van der Waals surface area contributed by atoms with E-state index in [1.807, 2.05) is 19.1 Å². The van der Waals surface area contributed by atoms with Crippen molar-refractivity contribution in [3.8, 4) is 23.1 Å². The van der Waals surface area contributed by atoms with Crippen molar-refractivity contribution in [3.05, 3.63) is 117 Å². The molecular weight excluding hydrogens is 790 g/mol. The topological polar surface area (TPSA) is 203 Å². The molecule has 4 aromatic carbocycles. The van der Waals surface area contributed by atoms with Gasteiger partial charge in [-0.15, -0.1) is 0 Å². The summed E-state index contributed by atoms with van der Waals surface area (Å²) >= 11 is 0. The number of nitrogens with zero attached hydrogens (tertiary/aromatic N) is 4. The van der Waals surface area contributed by atoms with E-state index in [4.69, 9.17) is 14.2 Å². The molecule has 0 spiro atoms. The van der Waals surface area contributed by atoms with E-state index in [2.05, 4.69) is 25.9 Å². The van der Waals surface area contributed by atoms with Crippen LogP contribution in [0.15, 0.2) is 77.9 Å². The standard InChI is InChI=1S/C44H40FN7O9/c1-5-23-9-11-31-27(15-23)40(55)38(22(2)51(31)3)42(57)48-25-10-13-33(28(45)16-25)61-43-26-17-34(59-4)35(18-30(26)46-21-47-43)60-20-37(54)49-29-8-6-7-24-19-52(44(58)39(24)29)32-12-14-36(53)50-41(32)56/h6-11,13,15-18,21,32,37,49,54H,5,12,14,19-20H2,1-4H3,(H,48,57)(H,50,53,56). The Hall–Kier alpha value is -7.40. The molecule has 4 heterocycles. The summed E-state index contributed by atoms with van der Waals surface area (Å²) in [5, 5.41) is 19.6. The van der Waals surface area contributed by atoms with Crippen LogP contribution in [0.4, 0.5) is 15.8 Å². The van der Waals surface area contributed by atoms with Gasteiger partial charge in [-0.3, -0.25) is 29.3 Å². The van der Waals surface area contributed by atoms with Crippen LogP contribution >= 0.6 is 0 Å². The summed E-state index contributed by atoms with van der Waals surface area (Å²) in [5.74, 6) is -2.59. The second kappa shape index (κ2) is 16.3. The van der Waals surface area contributed by atoms with E-state index in [0.717, 1.165) is 18.1 Å². The fourth-order valence-electron chi connectivity index (χ4n) is 7.67. The number of piperidine rings is 1. The first-order valence-electron chi connectivity index (χ1n) is 19.4. The van der Waals surface area contributed by atoms with Crippen molar-refractivity contribution in [2.75, 3.05) is 24.4 Å². The maximum Gasteiger partial charge on any atom is 0.261 e. The fourth-order valence-corrected chi connectivity index (χ4v) is 7.67. The second-order valence-corrected chi connectivity index (χ2v) is 14.7. The lowest BCUT2D eigenvalue weighted by Crippen LogP contribution is -2.52. The van der Waals surface area contributed by atoms with Crippen molar-refractivity contribution < 1.29 is 42.9 Å². The first kappa shape index (κ1) is 40.4. The maximum atomic E-state index is 15.6. The normalized spacial score (nSPS) is 15.4. The summed E-state index contributed by atoms with van der Waals surface area (Å²) in [7, 11) is 3.18. The number of carbonyl (C=O) groups excluding carboxylic acids is 4.